The number of hydrogen-bond acceptors (Lipinski definition) is 4. The van der Waals surface area contributed by atoms with E-state index in [4.69, 9.17) is 5.73 Å². The third-order valence-corrected chi connectivity index (χ3v) is 4.03. The Morgan fingerprint density at radius 3 is 2.60 bits per heavy atom. The molecular formula is C17H18N6O2. The minimum absolute atomic E-state index is 0.0479. The van der Waals surface area contributed by atoms with Crippen LogP contribution in [0, 0.1) is 0 Å². The lowest BCUT2D eigenvalue weighted by Crippen LogP contribution is -2.29. The van der Waals surface area contributed by atoms with Crippen molar-refractivity contribution in [3.8, 4) is 0 Å². The van der Waals surface area contributed by atoms with Crippen LogP contribution in [0.2, 0.25) is 0 Å². The average Bonchev–Trinajstić information content (AvgIpc) is 3.30. The van der Waals surface area contributed by atoms with E-state index in [1.54, 1.807) is 13.2 Å². The molecule has 2 amide bonds. The Morgan fingerprint density at radius 1 is 1.28 bits per heavy atom. The molecule has 0 spiro atoms. The predicted octanol–water partition coefficient (Wildman–Crippen LogP) is 1.59. The molecule has 0 aliphatic heterocycles. The summed E-state index contributed by atoms with van der Waals surface area (Å²) in [5.41, 5.74) is 7.23. The first kappa shape index (κ1) is 16.4. The van der Waals surface area contributed by atoms with Crippen molar-refractivity contribution in [1.29, 1.82) is 0 Å². The largest absolute Gasteiger partial charge is 0.364 e. The number of benzene rings is 1. The molecule has 0 saturated carbocycles. The minimum Gasteiger partial charge on any atom is -0.364 e. The normalized spacial score (nSPS) is 11.9. The van der Waals surface area contributed by atoms with Crippen molar-refractivity contribution in [3.63, 3.8) is 0 Å². The molecule has 3 N–H and O–H groups in total. The van der Waals surface area contributed by atoms with Gasteiger partial charge in [-0.1, -0.05) is 30.3 Å². The molecule has 3 aromatic rings. The van der Waals surface area contributed by atoms with Crippen LogP contribution in [0.25, 0.3) is 0 Å². The molecule has 0 aliphatic rings. The zero-order chi connectivity index (χ0) is 18.0. The number of aromatic amines is 1. The summed E-state index contributed by atoms with van der Waals surface area (Å²) in [6, 6.07) is 10.8. The number of rotatable bonds is 5. The van der Waals surface area contributed by atoms with Gasteiger partial charge in [-0.2, -0.15) is 10.2 Å². The molecule has 0 unspecified atom stereocenters. The van der Waals surface area contributed by atoms with E-state index in [1.165, 1.54) is 21.8 Å². The summed E-state index contributed by atoms with van der Waals surface area (Å²) in [6.07, 6.45) is 3.14. The molecule has 25 heavy (non-hydrogen) atoms. The second-order valence-electron chi connectivity index (χ2n) is 5.63. The van der Waals surface area contributed by atoms with Gasteiger partial charge in [0, 0.05) is 19.3 Å². The highest BCUT2D eigenvalue weighted by Gasteiger charge is 2.25. The first-order valence-electron chi connectivity index (χ1n) is 7.70. The fourth-order valence-electron chi connectivity index (χ4n) is 2.56. The molecular weight excluding hydrogens is 320 g/mol. The van der Waals surface area contributed by atoms with Crippen LogP contribution in [0.3, 0.4) is 0 Å². The molecule has 0 fully saturated rings. The lowest BCUT2D eigenvalue weighted by Gasteiger charge is -2.19. The van der Waals surface area contributed by atoms with Crippen LogP contribution >= 0.6 is 0 Å². The monoisotopic (exact) mass is 338 g/mol. The van der Waals surface area contributed by atoms with E-state index in [0.29, 0.717) is 5.69 Å². The van der Waals surface area contributed by atoms with E-state index in [0.717, 1.165) is 5.56 Å². The Balaban J connectivity index is 2.03. The van der Waals surface area contributed by atoms with Gasteiger partial charge < -0.3 is 10.6 Å². The highest BCUT2D eigenvalue weighted by molar-refractivity contribution is 6.06. The SMILES string of the molecule is C[C@@H](c1ccccc1)n1nc(C(N)=O)cc1C(=O)N(C)c1cn[nH]c1. The molecule has 0 aliphatic carbocycles. The summed E-state index contributed by atoms with van der Waals surface area (Å²) in [4.78, 5) is 25.9. The summed E-state index contributed by atoms with van der Waals surface area (Å²) in [7, 11) is 1.63. The summed E-state index contributed by atoms with van der Waals surface area (Å²) < 4.78 is 1.52. The Morgan fingerprint density at radius 2 is 2.00 bits per heavy atom. The van der Waals surface area contributed by atoms with Crippen LogP contribution in [0.4, 0.5) is 5.69 Å². The first-order chi connectivity index (χ1) is 12.0. The number of carbonyl (C=O) groups is 2. The van der Waals surface area contributed by atoms with E-state index < -0.39 is 5.91 Å². The average molecular weight is 338 g/mol. The van der Waals surface area contributed by atoms with E-state index >= 15 is 0 Å². The number of H-pyrrole nitrogens is 1. The Bertz CT molecular complexity index is 885. The maximum absolute atomic E-state index is 12.9. The van der Waals surface area contributed by atoms with E-state index in [-0.39, 0.29) is 23.3 Å². The number of anilines is 1. The zero-order valence-corrected chi connectivity index (χ0v) is 13.9. The molecule has 3 rings (SSSR count). The summed E-state index contributed by atoms with van der Waals surface area (Å²) in [6.45, 7) is 1.90. The molecule has 0 radical (unpaired) electrons. The van der Waals surface area contributed by atoms with Crippen LogP contribution in [-0.4, -0.2) is 38.8 Å². The van der Waals surface area contributed by atoms with Crippen molar-refractivity contribution >= 4 is 17.5 Å². The van der Waals surface area contributed by atoms with Crippen LogP contribution in [-0.2, 0) is 0 Å². The van der Waals surface area contributed by atoms with Gasteiger partial charge >= 0.3 is 0 Å². The Hall–Kier alpha value is -3.42. The third kappa shape index (κ3) is 3.14. The summed E-state index contributed by atoms with van der Waals surface area (Å²) in [5.74, 6) is -0.997. The molecule has 2 heterocycles. The van der Waals surface area contributed by atoms with Gasteiger partial charge in [0.05, 0.1) is 17.9 Å². The van der Waals surface area contributed by atoms with Gasteiger partial charge in [-0.05, 0) is 12.5 Å². The van der Waals surface area contributed by atoms with Crippen LogP contribution in [0.1, 0.15) is 39.5 Å². The van der Waals surface area contributed by atoms with Crippen molar-refractivity contribution in [1.82, 2.24) is 20.0 Å². The maximum Gasteiger partial charge on any atom is 0.276 e. The van der Waals surface area contributed by atoms with E-state index in [1.807, 2.05) is 37.3 Å². The topological polar surface area (TPSA) is 110 Å². The molecule has 8 nitrogen and oxygen atoms in total. The molecule has 8 heteroatoms. The Kier molecular flexibility index (Phi) is 4.34. The Labute approximate surface area is 144 Å². The lowest BCUT2D eigenvalue weighted by molar-refractivity contribution is 0.0977. The summed E-state index contributed by atoms with van der Waals surface area (Å²) >= 11 is 0. The van der Waals surface area contributed by atoms with Gasteiger partial charge in [0.2, 0.25) is 0 Å². The fourth-order valence-corrected chi connectivity index (χ4v) is 2.56. The molecule has 0 saturated heterocycles. The fraction of sp³-hybridized carbons (Fsp3) is 0.176. The van der Waals surface area contributed by atoms with Gasteiger partial charge in [-0.15, -0.1) is 0 Å². The van der Waals surface area contributed by atoms with E-state index in [9.17, 15) is 9.59 Å². The zero-order valence-electron chi connectivity index (χ0n) is 13.9. The van der Waals surface area contributed by atoms with Crippen LogP contribution in [0.5, 0.6) is 0 Å². The predicted molar refractivity (Wildman–Crippen MR) is 92.3 cm³/mol. The van der Waals surface area contributed by atoms with Gasteiger partial charge in [0.15, 0.2) is 5.69 Å². The van der Waals surface area contributed by atoms with E-state index in [2.05, 4.69) is 15.3 Å². The highest BCUT2D eigenvalue weighted by atomic mass is 16.2. The minimum atomic E-state index is -0.681. The number of nitrogens with two attached hydrogens (primary N) is 1. The lowest BCUT2D eigenvalue weighted by atomic mass is 10.1. The molecule has 128 valence electrons. The highest BCUT2D eigenvalue weighted by Crippen LogP contribution is 2.22. The number of aromatic nitrogens is 4. The number of nitrogens with one attached hydrogen (secondary N) is 1. The molecule has 1 atom stereocenters. The van der Waals surface area contributed by atoms with Crippen LogP contribution < -0.4 is 10.6 Å². The van der Waals surface area contributed by atoms with Gasteiger partial charge in [-0.3, -0.25) is 19.4 Å². The number of amides is 2. The van der Waals surface area contributed by atoms with Crippen molar-refractivity contribution in [3.05, 3.63) is 65.7 Å². The second kappa shape index (κ2) is 6.60. The maximum atomic E-state index is 12.9. The van der Waals surface area contributed by atoms with Gasteiger partial charge in [0.25, 0.3) is 11.8 Å². The molecule has 1 aromatic carbocycles. The number of primary amides is 1. The van der Waals surface area contributed by atoms with Crippen molar-refractivity contribution < 1.29 is 9.59 Å². The molecule has 0 bridgehead atoms. The van der Waals surface area contributed by atoms with Crippen LogP contribution in [0.15, 0.2) is 48.8 Å². The van der Waals surface area contributed by atoms with Crippen molar-refractivity contribution in [2.24, 2.45) is 5.73 Å². The molecule has 2 aromatic heterocycles. The second-order valence-corrected chi connectivity index (χ2v) is 5.63. The van der Waals surface area contributed by atoms with Gasteiger partial charge in [-0.25, -0.2) is 0 Å². The van der Waals surface area contributed by atoms with Crippen molar-refractivity contribution in [2.75, 3.05) is 11.9 Å². The first-order valence-corrected chi connectivity index (χ1v) is 7.70. The summed E-state index contributed by atoms with van der Waals surface area (Å²) in [5, 5.41) is 10.7. The standard InChI is InChI=1S/C17H18N6O2/c1-11(12-6-4-3-5-7-12)23-15(8-14(21-23)16(18)24)17(25)22(2)13-9-19-20-10-13/h3-11H,1-2H3,(H2,18,24)(H,19,20)/t11-/m0/s1. The number of hydrogen-bond donors (Lipinski definition) is 2. The quantitative estimate of drug-likeness (QED) is 0.736. The number of nitrogens with zero attached hydrogens (tertiary/aromatic N) is 4. The smallest absolute Gasteiger partial charge is 0.276 e. The third-order valence-electron chi connectivity index (χ3n) is 4.03. The number of carbonyl (C=O) groups excluding carboxylic acids is 2. The van der Waals surface area contributed by atoms with Gasteiger partial charge in [0.1, 0.15) is 5.69 Å². The van der Waals surface area contributed by atoms with Crippen molar-refractivity contribution in [2.45, 2.75) is 13.0 Å².